The van der Waals surface area contributed by atoms with Gasteiger partial charge in [-0.2, -0.15) is 0 Å². The van der Waals surface area contributed by atoms with E-state index >= 15 is 0 Å². The minimum atomic E-state index is -2.23. The molecule has 0 spiro atoms. The van der Waals surface area contributed by atoms with E-state index in [1.54, 1.807) is 18.2 Å². The molecule has 0 aliphatic rings. The van der Waals surface area contributed by atoms with Crippen molar-refractivity contribution in [2.24, 2.45) is 0 Å². The second-order valence-electron chi connectivity index (χ2n) is 4.19. The summed E-state index contributed by atoms with van der Waals surface area (Å²) in [6.45, 7) is 0. The third kappa shape index (κ3) is 4.95. The Morgan fingerprint density at radius 1 is 1.00 bits per heavy atom. The van der Waals surface area contributed by atoms with E-state index in [1.807, 2.05) is 0 Å². The molecule has 0 aliphatic heterocycles. The van der Waals surface area contributed by atoms with Gasteiger partial charge >= 0.3 is 17.9 Å². The summed E-state index contributed by atoms with van der Waals surface area (Å²) in [6.07, 6.45) is -4.39. The first-order valence-electron chi connectivity index (χ1n) is 5.89. The molecule has 8 nitrogen and oxygen atoms in total. The second-order valence-corrected chi connectivity index (χ2v) is 4.19. The van der Waals surface area contributed by atoms with E-state index < -0.39 is 30.1 Å². The van der Waals surface area contributed by atoms with Crippen LogP contribution in [0.1, 0.15) is 10.4 Å². The number of carbonyl (C=O) groups is 3. The van der Waals surface area contributed by atoms with Crippen LogP contribution in [0, 0.1) is 0 Å². The summed E-state index contributed by atoms with van der Waals surface area (Å²) in [6, 6.07) is 7.58. The second kappa shape index (κ2) is 7.48. The Kier molecular flexibility index (Phi) is 5.97. The van der Waals surface area contributed by atoms with Gasteiger partial charge in [0, 0.05) is 14.1 Å². The molecule has 1 aromatic carbocycles. The molecule has 0 radical (unpaired) electrons. The minimum Gasteiger partial charge on any atom is -0.387 e. The van der Waals surface area contributed by atoms with Crippen LogP contribution in [-0.4, -0.2) is 59.5 Å². The molecule has 0 aliphatic carbocycles. The summed E-state index contributed by atoms with van der Waals surface area (Å²) in [5, 5.41) is 19.9. The Bertz CT molecular complexity index is 515. The molecule has 114 valence electrons. The molecule has 0 saturated carbocycles. The van der Waals surface area contributed by atoms with Crippen molar-refractivity contribution in [3.8, 4) is 0 Å². The Morgan fingerprint density at radius 2 is 1.52 bits per heavy atom. The zero-order valence-electron chi connectivity index (χ0n) is 11.4. The van der Waals surface area contributed by atoms with Crippen LogP contribution in [0.5, 0.6) is 0 Å². The normalized spacial score (nSPS) is 13.4. The third-order valence-electron chi connectivity index (χ3n) is 2.26. The molecule has 0 bridgehead atoms. The van der Waals surface area contributed by atoms with Crippen LogP contribution in [0.3, 0.4) is 0 Å². The fourth-order valence-electron chi connectivity index (χ4n) is 1.28. The average Bonchev–Trinajstić information content (AvgIpc) is 2.45. The number of aliphatic hydroxyl groups is 2. The van der Waals surface area contributed by atoms with E-state index in [0.717, 1.165) is 5.06 Å². The quantitative estimate of drug-likeness (QED) is 0.409. The van der Waals surface area contributed by atoms with Gasteiger partial charge in [0.05, 0.1) is 5.56 Å². The monoisotopic (exact) mass is 297 g/mol. The average molecular weight is 297 g/mol. The molecule has 2 atom stereocenters. The van der Waals surface area contributed by atoms with Crippen LogP contribution < -0.4 is 0 Å². The standard InChI is InChI=1S/C13H15NO7/c1-14(2)21-13(19)10(16)9(15)12(18)20-11(17)8-6-4-3-5-7-8/h3-7,9-10,15-16H,1-2H3. The van der Waals surface area contributed by atoms with Crippen LogP contribution in [0.15, 0.2) is 30.3 Å². The molecule has 0 saturated heterocycles. The molecule has 0 amide bonds. The number of aliphatic hydroxyl groups excluding tert-OH is 2. The largest absolute Gasteiger partial charge is 0.387 e. The number of hydroxylamine groups is 2. The highest BCUT2D eigenvalue weighted by Gasteiger charge is 2.34. The van der Waals surface area contributed by atoms with Gasteiger partial charge in [-0.05, 0) is 12.1 Å². The lowest BCUT2D eigenvalue weighted by Crippen LogP contribution is -2.43. The molecular weight excluding hydrogens is 282 g/mol. The number of rotatable bonds is 5. The lowest BCUT2D eigenvalue weighted by molar-refractivity contribution is -0.196. The van der Waals surface area contributed by atoms with Gasteiger partial charge in [0.25, 0.3) is 0 Å². The zero-order chi connectivity index (χ0) is 16.0. The fraction of sp³-hybridized carbons (Fsp3) is 0.308. The van der Waals surface area contributed by atoms with Crippen molar-refractivity contribution in [2.75, 3.05) is 14.1 Å². The van der Waals surface area contributed by atoms with Crippen molar-refractivity contribution in [1.82, 2.24) is 5.06 Å². The molecule has 8 heteroatoms. The number of benzene rings is 1. The van der Waals surface area contributed by atoms with E-state index in [2.05, 4.69) is 9.57 Å². The van der Waals surface area contributed by atoms with Crippen molar-refractivity contribution < 1.29 is 34.2 Å². The molecule has 0 aromatic heterocycles. The molecule has 21 heavy (non-hydrogen) atoms. The topological polar surface area (TPSA) is 113 Å². The van der Waals surface area contributed by atoms with E-state index in [1.165, 1.54) is 26.2 Å². The van der Waals surface area contributed by atoms with Gasteiger partial charge in [-0.25, -0.2) is 14.4 Å². The van der Waals surface area contributed by atoms with Crippen molar-refractivity contribution in [3.63, 3.8) is 0 Å². The fourth-order valence-corrected chi connectivity index (χ4v) is 1.28. The summed E-state index contributed by atoms with van der Waals surface area (Å²) in [5.74, 6) is -3.71. The molecule has 0 heterocycles. The maximum absolute atomic E-state index is 11.6. The van der Waals surface area contributed by atoms with Crippen LogP contribution in [0.4, 0.5) is 0 Å². The van der Waals surface area contributed by atoms with E-state index in [0.29, 0.717) is 0 Å². The van der Waals surface area contributed by atoms with Gasteiger partial charge in [-0.1, -0.05) is 18.2 Å². The first-order chi connectivity index (χ1) is 9.82. The maximum Gasteiger partial charge on any atom is 0.357 e. The molecule has 2 unspecified atom stereocenters. The number of ether oxygens (including phenoxy) is 1. The SMILES string of the molecule is CN(C)OC(=O)C(O)C(O)C(=O)OC(=O)c1ccccc1. The third-order valence-corrected chi connectivity index (χ3v) is 2.26. The minimum absolute atomic E-state index is 0.0865. The summed E-state index contributed by atoms with van der Waals surface area (Å²) in [4.78, 5) is 38.8. The summed E-state index contributed by atoms with van der Waals surface area (Å²) < 4.78 is 4.37. The van der Waals surface area contributed by atoms with Crippen molar-refractivity contribution >= 4 is 17.9 Å². The van der Waals surface area contributed by atoms with Gasteiger partial charge in [-0.3, -0.25) is 0 Å². The molecule has 0 fully saturated rings. The number of esters is 2. The Hall–Kier alpha value is -2.29. The van der Waals surface area contributed by atoms with Crippen molar-refractivity contribution in [3.05, 3.63) is 35.9 Å². The Balaban J connectivity index is 2.62. The van der Waals surface area contributed by atoms with E-state index in [9.17, 15) is 24.6 Å². The predicted molar refractivity (Wildman–Crippen MR) is 68.7 cm³/mol. The van der Waals surface area contributed by atoms with Crippen LogP contribution in [-0.2, 0) is 19.2 Å². The summed E-state index contributed by atoms with van der Waals surface area (Å²) in [5.41, 5.74) is 0.0865. The van der Waals surface area contributed by atoms with Gasteiger partial charge in [0.15, 0.2) is 12.2 Å². The number of hydrogen-bond acceptors (Lipinski definition) is 8. The molecular formula is C13H15NO7. The molecule has 1 aromatic rings. The van der Waals surface area contributed by atoms with Gasteiger partial charge in [0.1, 0.15) is 0 Å². The van der Waals surface area contributed by atoms with Gasteiger partial charge in [-0.15, -0.1) is 5.06 Å². The Labute approximate surface area is 120 Å². The molecule has 1 rings (SSSR count). The highest BCUT2D eigenvalue weighted by atomic mass is 16.7. The first-order valence-corrected chi connectivity index (χ1v) is 5.89. The van der Waals surface area contributed by atoms with Crippen LogP contribution in [0.2, 0.25) is 0 Å². The lowest BCUT2D eigenvalue weighted by atomic mass is 10.2. The highest BCUT2D eigenvalue weighted by molar-refractivity contribution is 5.99. The first kappa shape index (κ1) is 16.8. The highest BCUT2D eigenvalue weighted by Crippen LogP contribution is 2.05. The van der Waals surface area contributed by atoms with Crippen LogP contribution in [0.25, 0.3) is 0 Å². The van der Waals surface area contributed by atoms with E-state index in [-0.39, 0.29) is 5.56 Å². The summed E-state index contributed by atoms with van der Waals surface area (Å²) in [7, 11) is 2.74. The smallest absolute Gasteiger partial charge is 0.357 e. The van der Waals surface area contributed by atoms with E-state index in [4.69, 9.17) is 0 Å². The summed E-state index contributed by atoms with van der Waals surface area (Å²) >= 11 is 0. The molecule has 2 N–H and O–H groups in total. The lowest BCUT2D eigenvalue weighted by Gasteiger charge is -2.17. The predicted octanol–water partition coefficient (Wildman–Crippen LogP) is -0.888. The van der Waals surface area contributed by atoms with Gasteiger partial charge < -0.3 is 19.8 Å². The maximum atomic E-state index is 11.6. The van der Waals surface area contributed by atoms with Crippen molar-refractivity contribution in [1.29, 1.82) is 0 Å². The van der Waals surface area contributed by atoms with Crippen molar-refractivity contribution in [2.45, 2.75) is 12.2 Å². The number of carbonyl (C=O) groups excluding carboxylic acids is 3. The van der Waals surface area contributed by atoms with Gasteiger partial charge in [0.2, 0.25) is 0 Å². The number of nitrogens with zero attached hydrogens (tertiary/aromatic N) is 1. The number of hydrogen-bond donors (Lipinski definition) is 2. The van der Waals surface area contributed by atoms with Crippen LogP contribution >= 0.6 is 0 Å². The Morgan fingerprint density at radius 3 is 2.05 bits per heavy atom. The zero-order valence-corrected chi connectivity index (χ0v) is 11.4.